The van der Waals surface area contributed by atoms with Crippen molar-refractivity contribution in [3.05, 3.63) is 94.9 Å². The number of carbonyl (C=O) groups excluding carboxylic acids is 1. The van der Waals surface area contributed by atoms with Crippen LogP contribution in [-0.2, 0) is 38.6 Å². The first-order valence-corrected chi connectivity index (χ1v) is 12.6. The minimum absolute atomic E-state index is 0.118. The Morgan fingerprint density at radius 1 is 1.00 bits per heavy atom. The van der Waals surface area contributed by atoms with E-state index in [9.17, 15) is 30.8 Å². The predicted molar refractivity (Wildman–Crippen MR) is 130 cm³/mol. The molecular formula is C26H22F4N2O4S. The summed E-state index contributed by atoms with van der Waals surface area (Å²) in [5.41, 5.74) is 2.27. The molecule has 2 N–H and O–H groups in total. The first-order chi connectivity index (χ1) is 17.5. The maximum atomic E-state index is 13.4. The summed E-state index contributed by atoms with van der Waals surface area (Å²) < 4.78 is 84.7. The van der Waals surface area contributed by atoms with Crippen molar-refractivity contribution in [1.29, 1.82) is 0 Å². The molecule has 0 aliphatic heterocycles. The Labute approximate surface area is 210 Å². The zero-order valence-electron chi connectivity index (χ0n) is 19.5. The van der Waals surface area contributed by atoms with Gasteiger partial charge in [0.15, 0.2) is 0 Å². The highest BCUT2D eigenvalue weighted by Gasteiger charge is 2.30. The number of sulfonamides is 1. The average molecular weight is 535 g/mol. The molecule has 0 saturated heterocycles. The van der Waals surface area contributed by atoms with Crippen molar-refractivity contribution >= 4 is 32.6 Å². The van der Waals surface area contributed by atoms with Gasteiger partial charge in [-0.1, -0.05) is 12.1 Å². The molecular weight excluding hydrogens is 512 g/mol. The number of nitrogens with one attached hydrogen (secondary N) is 2. The van der Waals surface area contributed by atoms with Crippen molar-refractivity contribution in [2.75, 3.05) is 11.8 Å². The summed E-state index contributed by atoms with van der Waals surface area (Å²) in [6, 6.07) is 13.9. The number of esters is 1. The highest BCUT2D eigenvalue weighted by Crippen LogP contribution is 2.32. The third-order valence-corrected chi connectivity index (χ3v) is 7.24. The second-order valence-corrected chi connectivity index (χ2v) is 10.0. The van der Waals surface area contributed by atoms with Crippen molar-refractivity contribution in [2.24, 2.45) is 0 Å². The first-order valence-electron chi connectivity index (χ1n) is 11.1. The lowest BCUT2D eigenvalue weighted by molar-refractivity contribution is -0.140. The largest absolute Gasteiger partial charge is 0.469 e. The second kappa shape index (κ2) is 10.3. The van der Waals surface area contributed by atoms with E-state index in [-0.39, 0.29) is 22.8 Å². The topological polar surface area (TPSA) is 88.3 Å². The average Bonchev–Trinajstić information content (AvgIpc) is 3.19. The van der Waals surface area contributed by atoms with Gasteiger partial charge in [-0.05, 0) is 78.6 Å². The number of anilines is 1. The van der Waals surface area contributed by atoms with Gasteiger partial charge in [0.05, 0.1) is 24.0 Å². The third-order valence-electron chi connectivity index (χ3n) is 5.84. The summed E-state index contributed by atoms with van der Waals surface area (Å²) in [6.07, 6.45) is -3.74. The van der Waals surface area contributed by atoms with Crippen LogP contribution >= 0.6 is 0 Å². The molecule has 1 aromatic heterocycles. The molecule has 0 spiro atoms. The molecule has 6 nitrogen and oxygen atoms in total. The number of benzene rings is 3. The molecule has 0 unspecified atom stereocenters. The third kappa shape index (κ3) is 6.11. The molecule has 0 radical (unpaired) electrons. The quantitative estimate of drug-likeness (QED) is 0.220. The van der Waals surface area contributed by atoms with E-state index in [1.165, 1.54) is 25.3 Å². The number of H-pyrrole nitrogens is 1. The van der Waals surface area contributed by atoms with Gasteiger partial charge in [0.1, 0.15) is 5.82 Å². The number of alkyl halides is 3. The molecule has 0 amide bonds. The molecule has 0 fully saturated rings. The lowest BCUT2D eigenvalue weighted by atomic mass is 9.99. The van der Waals surface area contributed by atoms with Gasteiger partial charge in [0, 0.05) is 22.3 Å². The fourth-order valence-electron chi connectivity index (χ4n) is 3.95. The molecule has 0 bridgehead atoms. The predicted octanol–water partition coefficient (Wildman–Crippen LogP) is 5.82. The fourth-order valence-corrected chi connectivity index (χ4v) is 5.00. The van der Waals surface area contributed by atoms with E-state index in [0.29, 0.717) is 35.9 Å². The van der Waals surface area contributed by atoms with Gasteiger partial charge in [0.2, 0.25) is 0 Å². The van der Waals surface area contributed by atoms with Gasteiger partial charge in [-0.15, -0.1) is 0 Å². The maximum absolute atomic E-state index is 13.4. The number of aromatic nitrogens is 1. The van der Waals surface area contributed by atoms with Crippen LogP contribution in [0.15, 0.2) is 71.6 Å². The molecule has 0 saturated carbocycles. The normalized spacial score (nSPS) is 12.0. The molecule has 4 aromatic rings. The summed E-state index contributed by atoms with van der Waals surface area (Å²) in [5.74, 6) is -0.773. The van der Waals surface area contributed by atoms with Crippen LogP contribution in [0.1, 0.15) is 28.8 Å². The number of aryl methyl sites for hydroxylation is 1. The maximum Gasteiger partial charge on any atom is 0.416 e. The monoisotopic (exact) mass is 534 g/mol. The summed E-state index contributed by atoms with van der Waals surface area (Å²) in [5, 5.41) is 0.678. The van der Waals surface area contributed by atoms with Crippen LogP contribution in [0.25, 0.3) is 10.9 Å². The standard InChI is InChI=1S/C26H22F4N2O4S/c1-36-25(33)13-12-24-21(14-16-2-6-18(27)7-3-16)22-15-19(8-11-23(22)31-24)32-37(34,35)20-9-4-17(5-10-20)26(28,29)30/h2-11,15,31-32H,12-14H2,1H3. The van der Waals surface area contributed by atoms with E-state index in [1.807, 2.05) is 0 Å². The van der Waals surface area contributed by atoms with Crippen LogP contribution < -0.4 is 4.72 Å². The molecule has 4 rings (SSSR count). The van der Waals surface area contributed by atoms with E-state index in [0.717, 1.165) is 29.0 Å². The zero-order chi connectivity index (χ0) is 26.8. The molecule has 0 atom stereocenters. The summed E-state index contributed by atoms with van der Waals surface area (Å²) in [4.78, 5) is 14.6. The van der Waals surface area contributed by atoms with Crippen LogP contribution in [0, 0.1) is 5.82 Å². The summed E-state index contributed by atoms with van der Waals surface area (Å²) >= 11 is 0. The van der Waals surface area contributed by atoms with Crippen LogP contribution in [-0.4, -0.2) is 26.5 Å². The van der Waals surface area contributed by atoms with Gasteiger partial charge < -0.3 is 9.72 Å². The zero-order valence-corrected chi connectivity index (χ0v) is 20.3. The molecule has 11 heteroatoms. The van der Waals surface area contributed by atoms with Crippen molar-refractivity contribution in [3.8, 4) is 0 Å². The Hall–Kier alpha value is -3.86. The number of ether oxygens (including phenoxy) is 1. The highest BCUT2D eigenvalue weighted by molar-refractivity contribution is 7.92. The number of methoxy groups -OCH3 is 1. The molecule has 0 aliphatic carbocycles. The Balaban J connectivity index is 1.68. The van der Waals surface area contributed by atoms with Crippen molar-refractivity contribution < 1.29 is 35.5 Å². The summed E-state index contributed by atoms with van der Waals surface area (Å²) in [6.45, 7) is 0. The Bertz CT molecular complexity index is 1530. The lowest BCUT2D eigenvalue weighted by Crippen LogP contribution is -2.13. The summed E-state index contributed by atoms with van der Waals surface area (Å²) in [7, 11) is -2.88. The van der Waals surface area contributed by atoms with Crippen LogP contribution in [0.4, 0.5) is 23.2 Å². The van der Waals surface area contributed by atoms with Gasteiger partial charge >= 0.3 is 12.1 Å². The Kier molecular flexibility index (Phi) is 7.26. The molecule has 0 aliphatic rings. The Morgan fingerprint density at radius 3 is 2.30 bits per heavy atom. The van der Waals surface area contributed by atoms with E-state index in [1.54, 1.807) is 24.3 Å². The number of rotatable bonds is 8. The van der Waals surface area contributed by atoms with E-state index >= 15 is 0 Å². The minimum Gasteiger partial charge on any atom is -0.469 e. The van der Waals surface area contributed by atoms with Crippen molar-refractivity contribution in [3.63, 3.8) is 0 Å². The number of carbonyl (C=O) groups is 1. The lowest BCUT2D eigenvalue weighted by Gasteiger charge is -2.11. The number of fused-ring (bicyclic) bond motifs is 1. The molecule has 194 valence electrons. The number of hydrogen-bond donors (Lipinski definition) is 2. The SMILES string of the molecule is COC(=O)CCc1[nH]c2ccc(NS(=O)(=O)c3ccc(C(F)(F)F)cc3)cc2c1Cc1ccc(F)cc1. The first kappa shape index (κ1) is 26.2. The van der Waals surface area contributed by atoms with Crippen LogP contribution in [0.3, 0.4) is 0 Å². The van der Waals surface area contributed by atoms with Crippen molar-refractivity contribution in [1.82, 2.24) is 4.98 Å². The van der Waals surface area contributed by atoms with Crippen LogP contribution in [0.5, 0.6) is 0 Å². The highest BCUT2D eigenvalue weighted by atomic mass is 32.2. The number of hydrogen-bond acceptors (Lipinski definition) is 4. The second-order valence-electron chi connectivity index (χ2n) is 8.35. The molecule has 3 aromatic carbocycles. The van der Waals surface area contributed by atoms with E-state index in [4.69, 9.17) is 4.74 Å². The minimum atomic E-state index is -4.58. The molecule has 1 heterocycles. The smallest absolute Gasteiger partial charge is 0.416 e. The molecule has 37 heavy (non-hydrogen) atoms. The van der Waals surface area contributed by atoms with Gasteiger partial charge in [0.25, 0.3) is 10.0 Å². The van der Waals surface area contributed by atoms with Gasteiger partial charge in [-0.3, -0.25) is 9.52 Å². The van der Waals surface area contributed by atoms with Crippen molar-refractivity contribution in [2.45, 2.75) is 30.3 Å². The van der Waals surface area contributed by atoms with Gasteiger partial charge in [-0.25, -0.2) is 12.8 Å². The van der Waals surface area contributed by atoms with Crippen LogP contribution in [0.2, 0.25) is 0 Å². The number of halogens is 4. The van der Waals surface area contributed by atoms with Gasteiger partial charge in [-0.2, -0.15) is 13.2 Å². The van der Waals surface area contributed by atoms with E-state index in [2.05, 4.69) is 9.71 Å². The fraction of sp³-hybridized carbons (Fsp3) is 0.192. The van der Waals surface area contributed by atoms with E-state index < -0.39 is 27.7 Å². The Morgan fingerprint density at radius 2 is 1.68 bits per heavy atom. The number of aromatic amines is 1.